The van der Waals surface area contributed by atoms with Gasteiger partial charge in [0.1, 0.15) is 16.3 Å². The molecule has 2 N–H and O–H groups in total. The van der Waals surface area contributed by atoms with E-state index in [1.54, 1.807) is 24.3 Å². The Morgan fingerprint density at radius 2 is 2.16 bits per heavy atom. The Kier molecular flexibility index (Phi) is 3.00. The smallest absolute Gasteiger partial charge is 0.268 e. The molecule has 0 saturated carbocycles. The summed E-state index contributed by atoms with van der Waals surface area (Å²) in [5.74, 6) is 0.153. The van der Waals surface area contributed by atoms with Gasteiger partial charge in [-0.2, -0.15) is 0 Å². The number of aromatic amines is 1. The van der Waals surface area contributed by atoms with Crippen molar-refractivity contribution >= 4 is 27.2 Å². The van der Waals surface area contributed by atoms with E-state index in [1.807, 2.05) is 5.38 Å². The zero-order chi connectivity index (χ0) is 13.2. The first kappa shape index (κ1) is 11.9. The molecule has 0 amide bonds. The van der Waals surface area contributed by atoms with Crippen LogP contribution in [0, 0.1) is 5.82 Å². The summed E-state index contributed by atoms with van der Waals surface area (Å²) < 4.78 is 14.0. The number of nitrogens with zero attached hydrogens (tertiary/aromatic N) is 1. The summed E-state index contributed by atoms with van der Waals surface area (Å²) in [6.45, 7) is 0.266. The maximum Gasteiger partial charge on any atom is 0.268 e. The largest absolute Gasteiger partial charge is 0.375 e. The van der Waals surface area contributed by atoms with Gasteiger partial charge in [0.2, 0.25) is 0 Å². The van der Waals surface area contributed by atoms with Crippen LogP contribution < -0.4 is 10.9 Å². The van der Waals surface area contributed by atoms with Crippen molar-refractivity contribution in [1.82, 2.24) is 9.97 Å². The lowest BCUT2D eigenvalue weighted by molar-refractivity contribution is 0.630. The normalized spacial score (nSPS) is 10.8. The number of nitrogens with one attached hydrogen (secondary N) is 2. The monoisotopic (exact) mass is 275 g/mol. The van der Waals surface area contributed by atoms with E-state index in [4.69, 9.17) is 0 Å². The van der Waals surface area contributed by atoms with Crippen molar-refractivity contribution in [3.63, 3.8) is 0 Å². The Labute approximate surface area is 111 Å². The number of benzene rings is 1. The predicted octanol–water partition coefficient (Wildman–Crippen LogP) is 2.74. The summed E-state index contributed by atoms with van der Waals surface area (Å²) in [5, 5.41) is 4.73. The number of halogens is 1. The van der Waals surface area contributed by atoms with Gasteiger partial charge >= 0.3 is 0 Å². The second kappa shape index (κ2) is 4.81. The Hall–Kier alpha value is -2.21. The molecule has 0 bridgehead atoms. The first-order valence-corrected chi connectivity index (χ1v) is 6.57. The lowest BCUT2D eigenvalue weighted by atomic mass is 10.3. The second-order valence-electron chi connectivity index (χ2n) is 3.98. The van der Waals surface area contributed by atoms with Crippen LogP contribution in [0.25, 0.3) is 10.2 Å². The van der Waals surface area contributed by atoms with Crippen LogP contribution in [0.4, 0.5) is 10.1 Å². The zero-order valence-electron chi connectivity index (χ0n) is 9.81. The Bertz CT molecular complexity index is 781. The maximum atomic E-state index is 13.4. The molecule has 0 radical (unpaired) electrons. The van der Waals surface area contributed by atoms with Crippen LogP contribution in [0.5, 0.6) is 0 Å². The minimum Gasteiger partial charge on any atom is -0.375 e. The van der Waals surface area contributed by atoms with Crippen molar-refractivity contribution < 1.29 is 4.39 Å². The Balaban J connectivity index is 1.86. The van der Waals surface area contributed by atoms with Gasteiger partial charge in [-0.15, -0.1) is 11.3 Å². The van der Waals surface area contributed by atoms with Crippen molar-refractivity contribution in [3.8, 4) is 0 Å². The van der Waals surface area contributed by atoms with E-state index in [1.165, 1.54) is 17.4 Å². The summed E-state index contributed by atoms with van der Waals surface area (Å²) in [7, 11) is 0. The van der Waals surface area contributed by atoms with Crippen LogP contribution in [-0.2, 0) is 6.54 Å². The van der Waals surface area contributed by atoms with E-state index < -0.39 is 0 Å². The summed E-state index contributed by atoms with van der Waals surface area (Å²) in [5.41, 5.74) is 0.889. The standard InChI is InChI=1S/C13H10FN3OS/c14-8-3-1-2-4-9(8)15-7-11-16-10-5-6-19-12(10)13(18)17-11/h1-6,15H,7H2,(H,16,17,18). The van der Waals surface area contributed by atoms with Crippen molar-refractivity contribution in [2.75, 3.05) is 5.32 Å². The van der Waals surface area contributed by atoms with Crippen LogP contribution in [-0.4, -0.2) is 9.97 Å². The lowest BCUT2D eigenvalue weighted by Gasteiger charge is -2.06. The fourth-order valence-corrected chi connectivity index (χ4v) is 2.51. The van der Waals surface area contributed by atoms with Gasteiger partial charge in [-0.25, -0.2) is 9.37 Å². The number of hydrogen-bond acceptors (Lipinski definition) is 4. The van der Waals surface area contributed by atoms with Gasteiger partial charge in [-0.3, -0.25) is 4.79 Å². The highest BCUT2D eigenvalue weighted by Crippen LogP contribution is 2.15. The molecule has 96 valence electrons. The molecule has 2 aromatic heterocycles. The molecule has 3 rings (SSSR count). The number of thiophene rings is 1. The third kappa shape index (κ3) is 2.34. The van der Waals surface area contributed by atoms with E-state index in [0.717, 1.165) is 0 Å². The fourth-order valence-electron chi connectivity index (χ4n) is 1.79. The summed E-state index contributed by atoms with van der Waals surface area (Å²) in [6.07, 6.45) is 0. The van der Waals surface area contributed by atoms with E-state index in [2.05, 4.69) is 15.3 Å². The van der Waals surface area contributed by atoms with Crippen LogP contribution in [0.2, 0.25) is 0 Å². The van der Waals surface area contributed by atoms with E-state index in [9.17, 15) is 9.18 Å². The molecule has 0 fully saturated rings. The predicted molar refractivity (Wildman–Crippen MR) is 74.0 cm³/mol. The number of aromatic nitrogens is 2. The van der Waals surface area contributed by atoms with Crippen molar-refractivity contribution in [3.05, 3.63) is 57.7 Å². The highest BCUT2D eigenvalue weighted by atomic mass is 32.1. The fraction of sp³-hybridized carbons (Fsp3) is 0.0769. The molecule has 3 aromatic rings. The Morgan fingerprint density at radius 3 is 3.00 bits per heavy atom. The minimum absolute atomic E-state index is 0.162. The van der Waals surface area contributed by atoms with Gasteiger partial charge in [0.25, 0.3) is 5.56 Å². The molecule has 0 unspecified atom stereocenters. The minimum atomic E-state index is -0.332. The van der Waals surface area contributed by atoms with E-state index in [-0.39, 0.29) is 17.9 Å². The third-order valence-electron chi connectivity index (χ3n) is 2.68. The second-order valence-corrected chi connectivity index (χ2v) is 4.90. The molecule has 4 nitrogen and oxygen atoms in total. The molecule has 1 aromatic carbocycles. The van der Waals surface area contributed by atoms with Gasteiger partial charge < -0.3 is 10.3 Å². The number of H-pyrrole nitrogens is 1. The number of hydrogen-bond donors (Lipinski definition) is 2. The molecule has 0 spiro atoms. The van der Waals surface area contributed by atoms with Crippen molar-refractivity contribution in [1.29, 1.82) is 0 Å². The summed E-state index contributed by atoms with van der Waals surface area (Å²) in [6, 6.07) is 8.17. The van der Waals surface area contributed by atoms with Gasteiger partial charge in [-0.1, -0.05) is 12.1 Å². The number of fused-ring (bicyclic) bond motifs is 1. The van der Waals surface area contributed by atoms with Crippen LogP contribution in [0.1, 0.15) is 5.82 Å². The number of rotatable bonds is 3. The van der Waals surface area contributed by atoms with Crippen LogP contribution >= 0.6 is 11.3 Å². The first-order valence-electron chi connectivity index (χ1n) is 5.69. The van der Waals surface area contributed by atoms with Gasteiger partial charge in [0, 0.05) is 0 Å². The van der Waals surface area contributed by atoms with Gasteiger partial charge in [0.15, 0.2) is 0 Å². The first-order chi connectivity index (χ1) is 9.24. The molecule has 2 heterocycles. The highest BCUT2D eigenvalue weighted by Gasteiger charge is 2.05. The topological polar surface area (TPSA) is 57.8 Å². The molecule has 0 aliphatic rings. The summed E-state index contributed by atoms with van der Waals surface area (Å²) >= 11 is 1.35. The van der Waals surface area contributed by atoms with E-state index >= 15 is 0 Å². The van der Waals surface area contributed by atoms with Gasteiger partial charge in [-0.05, 0) is 23.6 Å². The van der Waals surface area contributed by atoms with Crippen molar-refractivity contribution in [2.45, 2.75) is 6.54 Å². The van der Waals surface area contributed by atoms with Gasteiger partial charge in [0.05, 0.1) is 17.7 Å². The quantitative estimate of drug-likeness (QED) is 0.772. The molecular formula is C13H10FN3OS. The van der Waals surface area contributed by atoms with Crippen molar-refractivity contribution in [2.24, 2.45) is 0 Å². The van der Waals surface area contributed by atoms with Crippen LogP contribution in [0.3, 0.4) is 0 Å². The number of anilines is 1. The summed E-state index contributed by atoms with van der Waals surface area (Å²) in [4.78, 5) is 18.7. The third-order valence-corrected chi connectivity index (χ3v) is 3.59. The molecule has 0 atom stereocenters. The molecule has 0 aliphatic carbocycles. The zero-order valence-corrected chi connectivity index (χ0v) is 10.6. The Morgan fingerprint density at radius 1 is 1.32 bits per heavy atom. The molecule has 0 saturated heterocycles. The van der Waals surface area contributed by atoms with E-state index in [0.29, 0.717) is 21.7 Å². The maximum absolute atomic E-state index is 13.4. The molecule has 19 heavy (non-hydrogen) atoms. The highest BCUT2D eigenvalue weighted by molar-refractivity contribution is 7.17. The molecular weight excluding hydrogens is 265 g/mol. The SMILES string of the molecule is O=c1[nH]c(CNc2ccccc2F)nc2ccsc12. The average molecular weight is 275 g/mol. The molecule has 6 heteroatoms. The molecule has 0 aliphatic heterocycles. The lowest BCUT2D eigenvalue weighted by Crippen LogP contribution is -2.13. The average Bonchev–Trinajstić information content (AvgIpc) is 2.87. The number of para-hydroxylation sites is 1. The van der Waals surface area contributed by atoms with Crippen LogP contribution in [0.15, 0.2) is 40.5 Å².